The van der Waals surface area contributed by atoms with E-state index >= 15 is 0 Å². The molecule has 108 valence electrons. The van der Waals surface area contributed by atoms with Gasteiger partial charge in [-0.15, -0.1) is 11.3 Å². The van der Waals surface area contributed by atoms with Gasteiger partial charge in [0.2, 0.25) is 0 Å². The van der Waals surface area contributed by atoms with Crippen LogP contribution in [-0.2, 0) is 6.54 Å². The smallest absolute Gasteiger partial charge is 0.138 e. The van der Waals surface area contributed by atoms with E-state index in [1.807, 2.05) is 24.3 Å². The summed E-state index contributed by atoms with van der Waals surface area (Å²) in [6.07, 6.45) is 3.09. The molecule has 0 aliphatic rings. The Morgan fingerprint density at radius 2 is 2.19 bits per heavy atom. The zero-order chi connectivity index (χ0) is 14.8. The molecule has 0 unspecified atom stereocenters. The monoisotopic (exact) mass is 402 g/mol. The zero-order valence-corrected chi connectivity index (χ0v) is 14.5. The number of hydrogen-bond donors (Lipinski definition) is 1. The topological polar surface area (TPSA) is 42.7 Å². The summed E-state index contributed by atoms with van der Waals surface area (Å²) < 4.78 is 3.30. The van der Waals surface area contributed by atoms with Crippen LogP contribution in [-0.4, -0.2) is 14.8 Å². The predicted octanol–water partition coefficient (Wildman–Crippen LogP) is 5.01. The van der Waals surface area contributed by atoms with Gasteiger partial charge in [-0.3, -0.25) is 0 Å². The number of thiophene rings is 1. The number of nitrogens with one attached hydrogen (secondary N) is 1. The van der Waals surface area contributed by atoms with Gasteiger partial charge in [0.05, 0.1) is 10.7 Å². The average Bonchev–Trinajstić information content (AvgIpc) is 3.07. The van der Waals surface area contributed by atoms with Crippen LogP contribution in [0.2, 0.25) is 9.36 Å². The highest BCUT2D eigenvalue weighted by Gasteiger charge is 2.11. The molecule has 2 aromatic heterocycles. The summed E-state index contributed by atoms with van der Waals surface area (Å²) in [7, 11) is 0. The molecular formula is C13H9BrCl2N4S. The van der Waals surface area contributed by atoms with Crippen LogP contribution in [0.3, 0.4) is 0 Å². The van der Waals surface area contributed by atoms with Crippen molar-refractivity contribution in [1.82, 2.24) is 14.8 Å². The maximum Gasteiger partial charge on any atom is 0.138 e. The van der Waals surface area contributed by atoms with E-state index in [-0.39, 0.29) is 0 Å². The van der Waals surface area contributed by atoms with E-state index in [1.165, 1.54) is 17.7 Å². The van der Waals surface area contributed by atoms with Crippen molar-refractivity contribution in [2.24, 2.45) is 0 Å². The first kappa shape index (κ1) is 14.8. The standard InChI is InChI=1S/C13H9BrCl2N4S/c14-9-4-8(21-13(9)16)5-18-11-3-1-2-10(15)12(11)20-7-17-6-19-20/h1-4,6-7,18H,5H2. The minimum Gasteiger partial charge on any atom is -0.378 e. The summed E-state index contributed by atoms with van der Waals surface area (Å²) in [6, 6.07) is 7.66. The van der Waals surface area contributed by atoms with Crippen LogP contribution in [0.5, 0.6) is 0 Å². The molecule has 0 amide bonds. The van der Waals surface area contributed by atoms with E-state index in [1.54, 1.807) is 11.0 Å². The van der Waals surface area contributed by atoms with E-state index < -0.39 is 0 Å². The molecule has 0 radical (unpaired) electrons. The Hall–Kier alpha value is -1.08. The van der Waals surface area contributed by atoms with Crippen molar-refractivity contribution in [3.05, 3.63) is 55.6 Å². The third-order valence-corrected chi connectivity index (χ3v) is 5.56. The van der Waals surface area contributed by atoms with Gasteiger partial charge in [-0.1, -0.05) is 29.3 Å². The van der Waals surface area contributed by atoms with Crippen LogP contribution in [0, 0.1) is 0 Å². The van der Waals surface area contributed by atoms with E-state index in [0.29, 0.717) is 11.6 Å². The second-order valence-electron chi connectivity index (χ2n) is 4.16. The molecule has 0 bridgehead atoms. The molecule has 0 aliphatic carbocycles. The van der Waals surface area contributed by atoms with Crippen molar-refractivity contribution >= 4 is 56.2 Å². The minimum atomic E-state index is 0.607. The van der Waals surface area contributed by atoms with Gasteiger partial charge in [0.15, 0.2) is 0 Å². The molecule has 1 aromatic carbocycles. The predicted molar refractivity (Wildman–Crippen MR) is 90.7 cm³/mol. The summed E-state index contributed by atoms with van der Waals surface area (Å²) >= 11 is 17.3. The lowest BCUT2D eigenvalue weighted by atomic mass is 10.2. The number of nitrogens with zero attached hydrogens (tertiary/aromatic N) is 3. The highest BCUT2D eigenvalue weighted by molar-refractivity contribution is 9.10. The van der Waals surface area contributed by atoms with Crippen LogP contribution >= 0.6 is 50.5 Å². The van der Waals surface area contributed by atoms with Crippen molar-refractivity contribution in [2.45, 2.75) is 6.54 Å². The van der Waals surface area contributed by atoms with Crippen molar-refractivity contribution in [1.29, 1.82) is 0 Å². The SMILES string of the molecule is Clc1cccc(NCc2cc(Br)c(Cl)s2)c1-n1cncn1. The summed E-state index contributed by atoms with van der Waals surface area (Å²) in [6.45, 7) is 0.651. The van der Waals surface area contributed by atoms with Crippen LogP contribution in [0.1, 0.15) is 4.88 Å². The number of para-hydroxylation sites is 1. The molecule has 3 rings (SSSR count). The zero-order valence-electron chi connectivity index (χ0n) is 10.6. The number of hydrogen-bond acceptors (Lipinski definition) is 4. The molecule has 8 heteroatoms. The third-order valence-electron chi connectivity index (χ3n) is 2.78. The van der Waals surface area contributed by atoms with Crippen molar-refractivity contribution in [2.75, 3.05) is 5.32 Å². The quantitative estimate of drug-likeness (QED) is 0.665. The Morgan fingerprint density at radius 1 is 1.33 bits per heavy atom. The fraction of sp³-hybridized carbons (Fsp3) is 0.0769. The fourth-order valence-electron chi connectivity index (χ4n) is 1.88. The lowest BCUT2D eigenvalue weighted by molar-refractivity contribution is 0.878. The molecule has 0 saturated carbocycles. The number of rotatable bonds is 4. The molecule has 0 atom stereocenters. The van der Waals surface area contributed by atoms with Crippen LogP contribution in [0.15, 0.2) is 41.4 Å². The number of anilines is 1. The second-order valence-corrected chi connectivity index (χ2v) is 7.16. The summed E-state index contributed by atoms with van der Waals surface area (Å²) in [5, 5.41) is 8.10. The average molecular weight is 404 g/mol. The fourth-order valence-corrected chi connectivity index (χ4v) is 3.87. The van der Waals surface area contributed by atoms with E-state index in [0.717, 1.165) is 25.1 Å². The molecule has 3 aromatic rings. The van der Waals surface area contributed by atoms with Gasteiger partial charge in [0.25, 0.3) is 0 Å². The van der Waals surface area contributed by atoms with Gasteiger partial charge in [0.1, 0.15) is 22.7 Å². The number of benzene rings is 1. The Kier molecular flexibility index (Phi) is 4.49. The van der Waals surface area contributed by atoms with Crippen LogP contribution in [0.25, 0.3) is 5.69 Å². The lowest BCUT2D eigenvalue weighted by Crippen LogP contribution is -2.04. The highest BCUT2D eigenvalue weighted by Crippen LogP contribution is 2.33. The number of aromatic nitrogens is 3. The van der Waals surface area contributed by atoms with Gasteiger partial charge < -0.3 is 5.32 Å². The Morgan fingerprint density at radius 3 is 2.86 bits per heavy atom. The summed E-state index contributed by atoms with van der Waals surface area (Å²) in [4.78, 5) is 5.08. The van der Waals surface area contributed by atoms with Crippen molar-refractivity contribution in [3.8, 4) is 5.69 Å². The van der Waals surface area contributed by atoms with Crippen LogP contribution in [0.4, 0.5) is 5.69 Å². The molecule has 0 spiro atoms. The largest absolute Gasteiger partial charge is 0.378 e. The molecule has 1 N–H and O–H groups in total. The molecule has 0 aliphatic heterocycles. The first-order valence-electron chi connectivity index (χ1n) is 5.96. The van der Waals surface area contributed by atoms with Crippen molar-refractivity contribution < 1.29 is 0 Å². The Labute approximate surface area is 143 Å². The van der Waals surface area contributed by atoms with Gasteiger partial charge in [-0.2, -0.15) is 5.10 Å². The number of halogens is 3. The highest BCUT2D eigenvalue weighted by atomic mass is 79.9. The normalized spacial score (nSPS) is 10.8. The summed E-state index contributed by atoms with van der Waals surface area (Å²) in [5.74, 6) is 0. The molecule has 0 saturated heterocycles. The van der Waals surface area contributed by atoms with E-state index in [9.17, 15) is 0 Å². The molecule has 4 nitrogen and oxygen atoms in total. The van der Waals surface area contributed by atoms with Gasteiger partial charge in [-0.05, 0) is 34.1 Å². The first-order valence-corrected chi connectivity index (χ1v) is 8.33. The van der Waals surface area contributed by atoms with Crippen molar-refractivity contribution in [3.63, 3.8) is 0 Å². The second kappa shape index (κ2) is 6.36. The molecule has 2 heterocycles. The van der Waals surface area contributed by atoms with Crippen LogP contribution < -0.4 is 5.32 Å². The third kappa shape index (κ3) is 3.23. The first-order chi connectivity index (χ1) is 10.1. The van der Waals surface area contributed by atoms with Gasteiger partial charge >= 0.3 is 0 Å². The van der Waals surface area contributed by atoms with E-state index in [4.69, 9.17) is 23.2 Å². The van der Waals surface area contributed by atoms with Gasteiger partial charge in [-0.25, -0.2) is 9.67 Å². The molecule has 21 heavy (non-hydrogen) atoms. The Bertz CT molecular complexity index is 738. The maximum atomic E-state index is 6.28. The minimum absolute atomic E-state index is 0.607. The maximum absolute atomic E-state index is 6.28. The Balaban J connectivity index is 1.87. The molecule has 0 fully saturated rings. The molecular weight excluding hydrogens is 395 g/mol. The van der Waals surface area contributed by atoms with E-state index in [2.05, 4.69) is 31.3 Å². The lowest BCUT2D eigenvalue weighted by Gasteiger charge is -2.12. The summed E-state index contributed by atoms with van der Waals surface area (Å²) in [5.41, 5.74) is 1.66. The van der Waals surface area contributed by atoms with Gasteiger partial charge in [0, 0.05) is 15.9 Å².